The molecule has 8 nitrogen and oxygen atoms in total. The van der Waals surface area contributed by atoms with Crippen LogP contribution in [0.4, 0.5) is 0 Å². The van der Waals surface area contributed by atoms with Crippen molar-refractivity contribution in [3.8, 4) is 5.69 Å². The molecule has 4 rings (SSSR count). The van der Waals surface area contributed by atoms with Gasteiger partial charge in [0.15, 0.2) is 21.4 Å². The van der Waals surface area contributed by atoms with Gasteiger partial charge in [-0.15, -0.1) is 5.10 Å². The van der Waals surface area contributed by atoms with Gasteiger partial charge in [0.05, 0.1) is 17.1 Å². The van der Waals surface area contributed by atoms with Crippen molar-refractivity contribution in [2.75, 3.05) is 12.8 Å². The number of tetrazole rings is 1. The minimum atomic E-state index is -3.26. The number of Topliss-reactive ketones (excluding diaryl/α,β-unsaturated/α-hetero) is 1. The fraction of sp³-hybridized carbons (Fsp3) is 0.333. The molecule has 2 aromatic carbocycles. The molecule has 1 atom stereocenters. The fourth-order valence-electron chi connectivity index (χ4n) is 3.81. The third-order valence-electron chi connectivity index (χ3n) is 5.40. The molecule has 1 fully saturated rings. The first-order valence-corrected chi connectivity index (χ1v) is 11.7. The van der Waals surface area contributed by atoms with Crippen LogP contribution in [-0.4, -0.2) is 58.2 Å². The number of ketones is 1. The summed E-state index contributed by atoms with van der Waals surface area (Å²) in [5, 5.41) is 12.0. The fourth-order valence-corrected chi connectivity index (χ4v) is 4.44. The average molecular weight is 426 g/mol. The molecule has 1 aliphatic heterocycles. The third kappa shape index (κ3) is 4.47. The van der Waals surface area contributed by atoms with E-state index in [4.69, 9.17) is 0 Å². The number of benzene rings is 2. The van der Waals surface area contributed by atoms with Crippen molar-refractivity contribution in [3.63, 3.8) is 0 Å². The highest BCUT2D eigenvalue weighted by Gasteiger charge is 2.28. The number of nitrogens with zero attached hydrogens (tertiary/aromatic N) is 5. The van der Waals surface area contributed by atoms with Crippen LogP contribution in [0.1, 0.15) is 35.4 Å². The minimum Gasteiger partial charge on any atom is -0.294 e. The van der Waals surface area contributed by atoms with Gasteiger partial charge in [0.2, 0.25) is 0 Å². The summed E-state index contributed by atoms with van der Waals surface area (Å²) in [5.74, 6) is 0.796. The number of hydrogen-bond donors (Lipinski definition) is 0. The lowest BCUT2D eigenvalue weighted by atomic mass is 10.0. The van der Waals surface area contributed by atoms with Crippen molar-refractivity contribution < 1.29 is 13.2 Å². The topological polar surface area (TPSA) is 98.0 Å². The van der Waals surface area contributed by atoms with Gasteiger partial charge in [0.1, 0.15) is 0 Å². The lowest BCUT2D eigenvalue weighted by Gasteiger charge is -2.23. The molecular weight excluding hydrogens is 402 g/mol. The number of likely N-dealkylation sites (tertiary alicyclic amines) is 1. The number of aromatic nitrogens is 4. The zero-order valence-electron chi connectivity index (χ0n) is 16.7. The van der Waals surface area contributed by atoms with Gasteiger partial charge in [-0.25, -0.2) is 8.42 Å². The van der Waals surface area contributed by atoms with Crippen LogP contribution < -0.4 is 0 Å². The summed E-state index contributed by atoms with van der Waals surface area (Å²) in [7, 11) is -3.26. The van der Waals surface area contributed by atoms with E-state index >= 15 is 0 Å². The molecule has 0 saturated carbocycles. The molecule has 156 valence electrons. The summed E-state index contributed by atoms with van der Waals surface area (Å²) in [5.41, 5.74) is 1.43. The highest BCUT2D eigenvalue weighted by Crippen LogP contribution is 2.24. The summed E-state index contributed by atoms with van der Waals surface area (Å²) in [6.45, 7) is 1.40. The second kappa shape index (κ2) is 8.45. The molecule has 1 saturated heterocycles. The minimum absolute atomic E-state index is 0.142. The van der Waals surface area contributed by atoms with E-state index in [0.717, 1.165) is 24.9 Å². The first kappa shape index (κ1) is 20.4. The van der Waals surface area contributed by atoms with Crippen LogP contribution in [0.25, 0.3) is 5.69 Å². The maximum Gasteiger partial charge on any atom is 0.175 e. The van der Waals surface area contributed by atoms with Crippen LogP contribution in [-0.2, 0) is 16.4 Å². The van der Waals surface area contributed by atoms with Crippen molar-refractivity contribution >= 4 is 15.6 Å². The van der Waals surface area contributed by atoms with E-state index in [1.165, 1.54) is 6.26 Å². The molecular formula is C21H23N5O3S. The molecule has 1 aliphatic rings. The predicted octanol–water partition coefficient (Wildman–Crippen LogP) is 2.30. The van der Waals surface area contributed by atoms with Gasteiger partial charge in [-0.1, -0.05) is 30.3 Å². The van der Waals surface area contributed by atoms with Crippen molar-refractivity contribution in [3.05, 3.63) is 66.0 Å². The second-order valence-corrected chi connectivity index (χ2v) is 9.55. The highest BCUT2D eigenvalue weighted by molar-refractivity contribution is 7.90. The molecule has 0 amide bonds. The number of hydrogen-bond acceptors (Lipinski definition) is 7. The van der Waals surface area contributed by atoms with Gasteiger partial charge in [0.25, 0.3) is 0 Å². The van der Waals surface area contributed by atoms with E-state index in [1.807, 2.05) is 30.3 Å². The maximum absolute atomic E-state index is 12.6. The van der Waals surface area contributed by atoms with E-state index in [9.17, 15) is 13.2 Å². The Balaban J connectivity index is 1.48. The van der Waals surface area contributed by atoms with E-state index in [1.54, 1.807) is 28.9 Å². The summed E-state index contributed by atoms with van der Waals surface area (Å²) in [6, 6.07) is 16.0. The molecule has 0 bridgehead atoms. The highest BCUT2D eigenvalue weighted by atomic mass is 32.2. The zero-order chi connectivity index (χ0) is 21.1. The molecule has 30 heavy (non-hydrogen) atoms. The van der Waals surface area contributed by atoms with E-state index in [-0.39, 0.29) is 16.7 Å². The molecule has 2 heterocycles. The Labute approximate surface area is 175 Å². The van der Waals surface area contributed by atoms with Gasteiger partial charge in [-0.05, 0) is 54.1 Å². The van der Waals surface area contributed by atoms with Crippen molar-refractivity contribution in [1.82, 2.24) is 25.1 Å². The number of carbonyl (C=O) groups is 1. The Morgan fingerprint density at radius 2 is 1.83 bits per heavy atom. The standard InChI is InChI=1S/C21H23N5O3S/c1-30(28,29)19-11-9-17(10-12-19)26-21(22-23-24-26)15-25-13-5-8-18(25)14-20(27)16-6-3-2-4-7-16/h2-4,6-7,9-12,18H,5,8,13-15H2,1H3/t18-/m1/s1. The Hall–Kier alpha value is -2.91. The van der Waals surface area contributed by atoms with E-state index in [2.05, 4.69) is 20.4 Å². The average Bonchev–Trinajstić information content (AvgIpc) is 3.38. The van der Waals surface area contributed by atoms with Crippen LogP contribution in [0.2, 0.25) is 0 Å². The van der Waals surface area contributed by atoms with E-state index in [0.29, 0.717) is 24.5 Å². The number of carbonyl (C=O) groups excluding carboxylic acids is 1. The molecule has 0 N–H and O–H groups in total. The van der Waals surface area contributed by atoms with Crippen LogP contribution in [0, 0.1) is 0 Å². The first-order valence-electron chi connectivity index (χ1n) is 9.82. The molecule has 0 spiro atoms. The van der Waals surface area contributed by atoms with E-state index < -0.39 is 9.84 Å². The second-order valence-electron chi connectivity index (χ2n) is 7.53. The molecule has 0 unspecified atom stereocenters. The SMILES string of the molecule is CS(=O)(=O)c1ccc(-n2nnnc2CN2CCC[C@@H]2CC(=O)c2ccccc2)cc1. The Kier molecular flexibility index (Phi) is 5.74. The Morgan fingerprint density at radius 1 is 1.10 bits per heavy atom. The zero-order valence-corrected chi connectivity index (χ0v) is 17.5. The lowest BCUT2D eigenvalue weighted by molar-refractivity contribution is 0.0937. The summed E-state index contributed by atoms with van der Waals surface area (Å²) < 4.78 is 25.0. The quantitative estimate of drug-likeness (QED) is 0.536. The van der Waals surface area contributed by atoms with Gasteiger partial charge in [-0.3, -0.25) is 9.69 Å². The molecule has 3 aromatic rings. The predicted molar refractivity (Wildman–Crippen MR) is 111 cm³/mol. The van der Waals surface area contributed by atoms with Crippen LogP contribution >= 0.6 is 0 Å². The summed E-state index contributed by atoms with van der Waals surface area (Å²) in [6.07, 6.45) is 3.63. The molecule has 0 aliphatic carbocycles. The molecule has 1 aromatic heterocycles. The normalized spacial score (nSPS) is 17.3. The smallest absolute Gasteiger partial charge is 0.175 e. The number of sulfone groups is 1. The summed E-state index contributed by atoms with van der Waals surface area (Å²) >= 11 is 0. The lowest BCUT2D eigenvalue weighted by Crippen LogP contribution is -2.32. The van der Waals surface area contributed by atoms with Gasteiger partial charge in [0, 0.05) is 24.3 Å². The van der Waals surface area contributed by atoms with Gasteiger partial charge in [-0.2, -0.15) is 4.68 Å². The van der Waals surface area contributed by atoms with Crippen molar-refractivity contribution in [1.29, 1.82) is 0 Å². The van der Waals surface area contributed by atoms with Gasteiger partial charge < -0.3 is 0 Å². The first-order chi connectivity index (χ1) is 14.4. The largest absolute Gasteiger partial charge is 0.294 e. The third-order valence-corrected chi connectivity index (χ3v) is 6.53. The monoisotopic (exact) mass is 425 g/mol. The van der Waals surface area contributed by atoms with Crippen LogP contribution in [0.15, 0.2) is 59.5 Å². The van der Waals surface area contributed by atoms with Crippen molar-refractivity contribution in [2.24, 2.45) is 0 Å². The Bertz CT molecular complexity index is 1130. The maximum atomic E-state index is 12.6. The van der Waals surface area contributed by atoms with Crippen LogP contribution in [0.3, 0.4) is 0 Å². The molecule has 0 radical (unpaired) electrons. The van der Waals surface area contributed by atoms with Crippen molar-refractivity contribution in [2.45, 2.75) is 36.7 Å². The number of rotatable bonds is 7. The molecule has 9 heteroatoms. The summed E-state index contributed by atoms with van der Waals surface area (Å²) in [4.78, 5) is 15.1. The van der Waals surface area contributed by atoms with Gasteiger partial charge >= 0.3 is 0 Å². The van der Waals surface area contributed by atoms with Crippen LogP contribution in [0.5, 0.6) is 0 Å². The Morgan fingerprint density at radius 3 is 2.53 bits per heavy atom.